The maximum atomic E-state index is 11.3. The molecule has 0 unspecified atom stereocenters. The molecule has 0 fully saturated rings. The SMILES string of the molecule is CSc1ccc(Oc2ccc(C(N)=O)cc2CN(C)C)cc1. The van der Waals surface area contributed by atoms with E-state index in [1.165, 1.54) is 4.90 Å². The molecule has 0 bridgehead atoms. The minimum Gasteiger partial charge on any atom is -0.457 e. The van der Waals surface area contributed by atoms with Crippen LogP contribution in [-0.2, 0) is 6.54 Å². The predicted molar refractivity (Wildman–Crippen MR) is 90.6 cm³/mol. The van der Waals surface area contributed by atoms with Crippen LogP contribution >= 0.6 is 11.8 Å². The monoisotopic (exact) mass is 316 g/mol. The summed E-state index contributed by atoms with van der Waals surface area (Å²) in [5.74, 6) is 1.07. The number of nitrogens with two attached hydrogens (primary N) is 1. The summed E-state index contributed by atoms with van der Waals surface area (Å²) < 4.78 is 5.96. The van der Waals surface area contributed by atoms with Gasteiger partial charge in [-0.2, -0.15) is 0 Å². The topological polar surface area (TPSA) is 55.6 Å². The fourth-order valence-corrected chi connectivity index (χ4v) is 2.48. The smallest absolute Gasteiger partial charge is 0.248 e. The molecule has 5 heteroatoms. The summed E-state index contributed by atoms with van der Waals surface area (Å²) in [6.45, 7) is 0.666. The minimum absolute atomic E-state index is 0.434. The molecule has 0 atom stereocenters. The molecular weight excluding hydrogens is 296 g/mol. The van der Waals surface area contributed by atoms with Gasteiger partial charge in [0.2, 0.25) is 5.91 Å². The zero-order valence-corrected chi connectivity index (χ0v) is 13.8. The van der Waals surface area contributed by atoms with Gasteiger partial charge >= 0.3 is 0 Å². The molecule has 22 heavy (non-hydrogen) atoms. The van der Waals surface area contributed by atoms with E-state index in [9.17, 15) is 4.79 Å². The quantitative estimate of drug-likeness (QED) is 0.830. The number of hydrogen-bond donors (Lipinski definition) is 1. The van der Waals surface area contributed by atoms with Crippen molar-refractivity contribution in [1.82, 2.24) is 4.90 Å². The molecule has 0 spiro atoms. The highest BCUT2D eigenvalue weighted by atomic mass is 32.2. The lowest BCUT2D eigenvalue weighted by molar-refractivity contribution is 0.1000. The van der Waals surface area contributed by atoms with Crippen LogP contribution in [0.15, 0.2) is 47.4 Å². The first-order valence-electron chi connectivity index (χ1n) is 6.89. The van der Waals surface area contributed by atoms with Crippen LogP contribution in [0.5, 0.6) is 11.5 Å². The Balaban J connectivity index is 2.29. The first-order valence-corrected chi connectivity index (χ1v) is 8.11. The molecular formula is C17H20N2O2S. The van der Waals surface area contributed by atoms with Gasteiger partial charge in [-0.05, 0) is 62.8 Å². The Hall–Kier alpha value is -1.98. The van der Waals surface area contributed by atoms with E-state index in [1.807, 2.05) is 49.5 Å². The number of hydrogen-bond acceptors (Lipinski definition) is 4. The molecule has 2 N–H and O–H groups in total. The second-order valence-electron chi connectivity index (χ2n) is 5.20. The fourth-order valence-electron chi connectivity index (χ4n) is 2.07. The van der Waals surface area contributed by atoms with Crippen molar-refractivity contribution in [1.29, 1.82) is 0 Å². The van der Waals surface area contributed by atoms with Gasteiger partial charge in [0.15, 0.2) is 0 Å². The number of ether oxygens (including phenoxy) is 1. The summed E-state index contributed by atoms with van der Waals surface area (Å²) in [5, 5.41) is 0. The van der Waals surface area contributed by atoms with Crippen LogP contribution in [0.25, 0.3) is 0 Å². The van der Waals surface area contributed by atoms with E-state index < -0.39 is 5.91 Å². The maximum Gasteiger partial charge on any atom is 0.248 e. The van der Waals surface area contributed by atoms with Crippen LogP contribution in [0, 0.1) is 0 Å². The number of carbonyl (C=O) groups excluding carboxylic acids is 1. The van der Waals surface area contributed by atoms with Crippen molar-refractivity contribution in [2.24, 2.45) is 5.73 Å². The number of benzene rings is 2. The largest absolute Gasteiger partial charge is 0.457 e. The zero-order chi connectivity index (χ0) is 16.1. The third kappa shape index (κ3) is 4.26. The predicted octanol–water partition coefficient (Wildman–Crippen LogP) is 3.36. The number of rotatable bonds is 6. The van der Waals surface area contributed by atoms with Gasteiger partial charge in [-0.3, -0.25) is 4.79 Å². The van der Waals surface area contributed by atoms with E-state index in [4.69, 9.17) is 10.5 Å². The van der Waals surface area contributed by atoms with Crippen molar-refractivity contribution >= 4 is 17.7 Å². The lowest BCUT2D eigenvalue weighted by atomic mass is 10.1. The first-order chi connectivity index (χ1) is 10.5. The van der Waals surface area contributed by atoms with Crippen LogP contribution in [0.3, 0.4) is 0 Å². The van der Waals surface area contributed by atoms with Gasteiger partial charge in [0.05, 0.1) is 0 Å². The van der Waals surface area contributed by atoms with Gasteiger partial charge in [0, 0.05) is 22.6 Å². The summed E-state index contributed by atoms with van der Waals surface area (Å²) in [6, 6.07) is 13.2. The van der Waals surface area contributed by atoms with E-state index in [0.29, 0.717) is 12.1 Å². The van der Waals surface area contributed by atoms with Gasteiger partial charge in [0.25, 0.3) is 0 Å². The van der Waals surface area contributed by atoms with Gasteiger partial charge < -0.3 is 15.4 Å². The molecule has 4 nitrogen and oxygen atoms in total. The number of thioether (sulfide) groups is 1. The lowest BCUT2D eigenvalue weighted by Gasteiger charge is -2.16. The number of carbonyl (C=O) groups is 1. The van der Waals surface area contributed by atoms with Crippen molar-refractivity contribution in [2.45, 2.75) is 11.4 Å². The third-order valence-corrected chi connectivity index (χ3v) is 3.86. The molecule has 0 aliphatic carbocycles. The van der Waals surface area contributed by atoms with E-state index in [-0.39, 0.29) is 0 Å². The van der Waals surface area contributed by atoms with Crippen LogP contribution in [0.4, 0.5) is 0 Å². The highest BCUT2D eigenvalue weighted by molar-refractivity contribution is 7.98. The maximum absolute atomic E-state index is 11.3. The Labute approximate surface area is 135 Å². The van der Waals surface area contributed by atoms with E-state index in [1.54, 1.807) is 30.0 Å². The first kappa shape index (κ1) is 16.4. The van der Waals surface area contributed by atoms with Gasteiger partial charge in [-0.15, -0.1) is 11.8 Å². The molecule has 2 rings (SSSR count). The minimum atomic E-state index is -0.434. The molecule has 0 aromatic heterocycles. The van der Waals surface area contributed by atoms with Crippen molar-refractivity contribution in [3.05, 3.63) is 53.6 Å². The van der Waals surface area contributed by atoms with Gasteiger partial charge in [-0.1, -0.05) is 0 Å². The molecule has 0 heterocycles. The Morgan fingerprint density at radius 2 is 1.86 bits per heavy atom. The second-order valence-corrected chi connectivity index (χ2v) is 6.08. The Bertz CT molecular complexity index is 654. The van der Waals surface area contributed by atoms with Crippen molar-refractivity contribution in [3.63, 3.8) is 0 Å². The van der Waals surface area contributed by atoms with E-state index in [2.05, 4.69) is 0 Å². The molecule has 0 radical (unpaired) electrons. The molecule has 2 aromatic rings. The number of primary amides is 1. The average molecular weight is 316 g/mol. The van der Waals surface area contributed by atoms with Crippen molar-refractivity contribution in [2.75, 3.05) is 20.4 Å². The fraction of sp³-hybridized carbons (Fsp3) is 0.235. The third-order valence-electron chi connectivity index (χ3n) is 3.12. The van der Waals surface area contributed by atoms with Crippen LogP contribution in [-0.4, -0.2) is 31.2 Å². The summed E-state index contributed by atoms with van der Waals surface area (Å²) in [6.07, 6.45) is 2.04. The van der Waals surface area contributed by atoms with Crippen LogP contribution < -0.4 is 10.5 Å². The van der Waals surface area contributed by atoms with Crippen LogP contribution in [0.1, 0.15) is 15.9 Å². The second kappa shape index (κ2) is 7.33. The molecule has 0 saturated heterocycles. The summed E-state index contributed by atoms with van der Waals surface area (Å²) >= 11 is 1.69. The van der Waals surface area contributed by atoms with Crippen molar-refractivity contribution in [3.8, 4) is 11.5 Å². The number of amides is 1. The summed E-state index contributed by atoms with van der Waals surface area (Å²) in [4.78, 5) is 14.5. The zero-order valence-electron chi connectivity index (χ0n) is 13.0. The summed E-state index contributed by atoms with van der Waals surface area (Å²) in [5.41, 5.74) is 6.77. The van der Waals surface area contributed by atoms with E-state index >= 15 is 0 Å². The van der Waals surface area contributed by atoms with Gasteiger partial charge in [0.1, 0.15) is 11.5 Å². The summed E-state index contributed by atoms with van der Waals surface area (Å²) in [7, 11) is 3.93. The molecule has 2 aromatic carbocycles. The highest BCUT2D eigenvalue weighted by Crippen LogP contribution is 2.28. The molecule has 0 aliphatic rings. The lowest BCUT2D eigenvalue weighted by Crippen LogP contribution is -2.14. The Morgan fingerprint density at radius 3 is 2.41 bits per heavy atom. The Kier molecular flexibility index (Phi) is 5.46. The van der Waals surface area contributed by atoms with Crippen LogP contribution in [0.2, 0.25) is 0 Å². The van der Waals surface area contributed by atoms with Gasteiger partial charge in [-0.25, -0.2) is 0 Å². The Morgan fingerprint density at radius 1 is 1.18 bits per heavy atom. The van der Waals surface area contributed by atoms with Crippen molar-refractivity contribution < 1.29 is 9.53 Å². The normalized spacial score (nSPS) is 10.7. The standard InChI is InChI=1S/C17H20N2O2S/c1-19(2)11-13-10-12(17(18)20)4-9-16(13)21-14-5-7-15(22-3)8-6-14/h4-10H,11H2,1-3H3,(H2,18,20). The molecule has 1 amide bonds. The molecule has 116 valence electrons. The average Bonchev–Trinajstić information content (AvgIpc) is 2.49. The highest BCUT2D eigenvalue weighted by Gasteiger charge is 2.10. The number of nitrogens with zero attached hydrogens (tertiary/aromatic N) is 1. The van der Waals surface area contributed by atoms with E-state index in [0.717, 1.165) is 17.1 Å². The molecule has 0 aliphatic heterocycles. The molecule has 0 saturated carbocycles.